The molecule has 0 saturated carbocycles. The molecule has 2 nitrogen and oxygen atoms in total. The second-order valence-electron chi connectivity index (χ2n) is 3.42. The summed E-state index contributed by atoms with van der Waals surface area (Å²) in [5, 5.41) is 7.01. The van der Waals surface area contributed by atoms with Crippen molar-refractivity contribution in [3.8, 4) is 0 Å². The van der Waals surface area contributed by atoms with Crippen molar-refractivity contribution in [2.24, 2.45) is 11.7 Å². The quantitative estimate of drug-likeness (QED) is 0.366. The lowest BCUT2D eigenvalue weighted by Crippen LogP contribution is -2.09. The molecule has 0 aliphatic rings. The highest BCUT2D eigenvalue weighted by molar-refractivity contribution is 7.99. The van der Waals surface area contributed by atoms with E-state index in [0.717, 1.165) is 24.5 Å². The van der Waals surface area contributed by atoms with Crippen LogP contribution in [0.25, 0.3) is 0 Å². The molecule has 0 spiro atoms. The first-order valence-corrected chi connectivity index (χ1v) is 5.69. The predicted octanol–water partition coefficient (Wildman–Crippen LogP) is 2.48. The number of nitrogens with one attached hydrogen (secondary N) is 1. The third kappa shape index (κ3) is 9.82. The van der Waals surface area contributed by atoms with Gasteiger partial charge in [0, 0.05) is 6.42 Å². The molecular formula is C9H20N2S. The van der Waals surface area contributed by atoms with E-state index in [9.17, 15) is 0 Å². The normalized spacial score (nSPS) is 10.6. The Kier molecular flexibility index (Phi) is 7.36. The summed E-state index contributed by atoms with van der Waals surface area (Å²) in [6, 6.07) is 0. The molecule has 0 heterocycles. The van der Waals surface area contributed by atoms with Crippen molar-refractivity contribution in [3.63, 3.8) is 0 Å². The van der Waals surface area contributed by atoms with Gasteiger partial charge < -0.3 is 5.73 Å². The van der Waals surface area contributed by atoms with Gasteiger partial charge in [-0.25, -0.2) is 0 Å². The lowest BCUT2D eigenvalue weighted by atomic mass is 10.2. The zero-order valence-electron chi connectivity index (χ0n) is 8.10. The Morgan fingerprint density at radius 2 is 2.08 bits per heavy atom. The van der Waals surface area contributed by atoms with Crippen LogP contribution in [0.15, 0.2) is 0 Å². The zero-order valence-corrected chi connectivity index (χ0v) is 8.91. The summed E-state index contributed by atoms with van der Waals surface area (Å²) in [4.78, 5) is 0. The van der Waals surface area contributed by atoms with Crippen LogP contribution in [0.1, 0.15) is 33.1 Å². The van der Waals surface area contributed by atoms with Gasteiger partial charge in [0.1, 0.15) is 0 Å². The van der Waals surface area contributed by atoms with E-state index in [0.29, 0.717) is 5.84 Å². The van der Waals surface area contributed by atoms with Crippen molar-refractivity contribution in [2.75, 3.05) is 11.5 Å². The van der Waals surface area contributed by atoms with E-state index >= 15 is 0 Å². The molecule has 0 amide bonds. The highest BCUT2D eigenvalue weighted by atomic mass is 32.2. The molecule has 0 aromatic heterocycles. The highest BCUT2D eigenvalue weighted by Crippen LogP contribution is 2.10. The first kappa shape index (κ1) is 11.8. The van der Waals surface area contributed by atoms with Crippen LogP contribution in [0.5, 0.6) is 0 Å². The lowest BCUT2D eigenvalue weighted by Gasteiger charge is -2.03. The summed E-state index contributed by atoms with van der Waals surface area (Å²) in [5.74, 6) is 3.52. The minimum Gasteiger partial charge on any atom is -0.388 e. The van der Waals surface area contributed by atoms with Crippen LogP contribution >= 0.6 is 11.8 Å². The molecule has 0 aromatic carbocycles. The summed E-state index contributed by atoms with van der Waals surface area (Å²) in [7, 11) is 0. The van der Waals surface area contributed by atoms with Gasteiger partial charge in [-0.3, -0.25) is 5.41 Å². The number of amidine groups is 1. The third-order valence-electron chi connectivity index (χ3n) is 1.57. The number of thioether (sulfide) groups is 1. The molecule has 0 fully saturated rings. The molecule has 72 valence electrons. The monoisotopic (exact) mass is 188 g/mol. The van der Waals surface area contributed by atoms with Crippen molar-refractivity contribution in [1.29, 1.82) is 5.41 Å². The van der Waals surface area contributed by atoms with E-state index < -0.39 is 0 Å². The van der Waals surface area contributed by atoms with Crippen LogP contribution < -0.4 is 5.73 Å². The topological polar surface area (TPSA) is 49.9 Å². The molecule has 0 atom stereocenters. The van der Waals surface area contributed by atoms with Gasteiger partial charge in [0.2, 0.25) is 0 Å². The Morgan fingerprint density at radius 1 is 1.42 bits per heavy atom. The van der Waals surface area contributed by atoms with Gasteiger partial charge in [-0.05, 0) is 30.3 Å². The average Bonchev–Trinajstić information content (AvgIpc) is 1.95. The summed E-state index contributed by atoms with van der Waals surface area (Å²) in [6.45, 7) is 4.49. The van der Waals surface area contributed by atoms with Crippen molar-refractivity contribution < 1.29 is 0 Å². The highest BCUT2D eigenvalue weighted by Gasteiger charge is 1.95. The molecule has 0 aliphatic carbocycles. The maximum absolute atomic E-state index is 7.01. The third-order valence-corrected chi connectivity index (χ3v) is 2.68. The van der Waals surface area contributed by atoms with Crippen LogP contribution in [0.4, 0.5) is 0 Å². The molecule has 0 aliphatic heterocycles. The number of hydrogen-bond donors (Lipinski definition) is 2. The van der Waals surface area contributed by atoms with Crippen molar-refractivity contribution in [3.05, 3.63) is 0 Å². The number of rotatable bonds is 7. The van der Waals surface area contributed by atoms with Gasteiger partial charge in [0.05, 0.1) is 5.84 Å². The van der Waals surface area contributed by atoms with Crippen molar-refractivity contribution in [1.82, 2.24) is 0 Å². The van der Waals surface area contributed by atoms with Gasteiger partial charge in [-0.1, -0.05) is 13.8 Å². The second-order valence-corrected chi connectivity index (χ2v) is 4.65. The molecule has 0 aromatic rings. The Labute approximate surface area is 79.8 Å². The Hall–Kier alpha value is -0.180. The van der Waals surface area contributed by atoms with Gasteiger partial charge in [-0.15, -0.1) is 0 Å². The fourth-order valence-corrected chi connectivity index (χ4v) is 1.98. The molecule has 3 N–H and O–H groups in total. The fourth-order valence-electron chi connectivity index (χ4n) is 0.786. The number of nitrogens with two attached hydrogens (primary N) is 1. The molecule has 3 heteroatoms. The second kappa shape index (κ2) is 7.47. The van der Waals surface area contributed by atoms with E-state index in [-0.39, 0.29) is 0 Å². The average molecular weight is 188 g/mol. The van der Waals surface area contributed by atoms with Crippen LogP contribution in [0.3, 0.4) is 0 Å². The summed E-state index contributed by atoms with van der Waals surface area (Å²) >= 11 is 1.97. The maximum atomic E-state index is 7.01. The van der Waals surface area contributed by atoms with Crippen LogP contribution in [0, 0.1) is 11.3 Å². The van der Waals surface area contributed by atoms with E-state index in [1.54, 1.807) is 0 Å². The molecule has 0 radical (unpaired) electrons. The fraction of sp³-hybridized carbons (Fsp3) is 0.889. The molecule has 0 bridgehead atoms. The largest absolute Gasteiger partial charge is 0.388 e. The smallest absolute Gasteiger partial charge is 0.0905 e. The Bertz CT molecular complexity index is 124. The maximum Gasteiger partial charge on any atom is 0.0905 e. The van der Waals surface area contributed by atoms with E-state index in [1.165, 1.54) is 12.2 Å². The number of hydrogen-bond acceptors (Lipinski definition) is 2. The lowest BCUT2D eigenvalue weighted by molar-refractivity contribution is 0.632. The van der Waals surface area contributed by atoms with Crippen molar-refractivity contribution in [2.45, 2.75) is 33.1 Å². The first-order valence-electron chi connectivity index (χ1n) is 4.53. The zero-order chi connectivity index (χ0) is 9.40. The van der Waals surface area contributed by atoms with Crippen LogP contribution in [0.2, 0.25) is 0 Å². The Morgan fingerprint density at radius 3 is 2.58 bits per heavy atom. The summed E-state index contributed by atoms with van der Waals surface area (Å²) in [6.07, 6.45) is 3.11. The minimum atomic E-state index is 0.319. The molecule has 0 rings (SSSR count). The first-order chi connectivity index (χ1) is 5.63. The molecule has 12 heavy (non-hydrogen) atoms. The van der Waals surface area contributed by atoms with Crippen LogP contribution in [-0.4, -0.2) is 17.3 Å². The molecular weight excluding hydrogens is 168 g/mol. The van der Waals surface area contributed by atoms with E-state index in [4.69, 9.17) is 11.1 Å². The standard InChI is InChI=1S/C9H20N2S/c1-8(2)5-7-12-6-3-4-9(10)11/h8H,3-7H2,1-2H3,(H3,10,11). The van der Waals surface area contributed by atoms with Crippen molar-refractivity contribution >= 4 is 17.6 Å². The summed E-state index contributed by atoms with van der Waals surface area (Å²) in [5.41, 5.74) is 5.23. The van der Waals surface area contributed by atoms with Gasteiger partial charge in [-0.2, -0.15) is 11.8 Å². The minimum absolute atomic E-state index is 0.319. The summed E-state index contributed by atoms with van der Waals surface area (Å²) < 4.78 is 0. The SMILES string of the molecule is CC(C)CCSCCCC(=N)N. The van der Waals surface area contributed by atoms with Crippen LogP contribution in [-0.2, 0) is 0 Å². The molecule has 0 saturated heterocycles. The van der Waals surface area contributed by atoms with E-state index in [2.05, 4.69) is 13.8 Å². The van der Waals surface area contributed by atoms with Gasteiger partial charge in [0.15, 0.2) is 0 Å². The van der Waals surface area contributed by atoms with E-state index in [1.807, 2.05) is 11.8 Å². The predicted molar refractivity (Wildman–Crippen MR) is 57.9 cm³/mol. The Balaban J connectivity index is 2.96. The van der Waals surface area contributed by atoms with Gasteiger partial charge >= 0.3 is 0 Å². The molecule has 0 unspecified atom stereocenters. The van der Waals surface area contributed by atoms with Gasteiger partial charge in [0.25, 0.3) is 0 Å².